The SMILES string of the molecule is CC(C)[C@@H](C(=O)N1C[C@H](O)C[C@H]1C(=O)N[C@@H](CO)c1ccc(-c2cccc(F)c2F)cc1)n1cc(-c2ccc(COc3c(-c4ccc(F)c5sc(N)c(C#N)c45)c(Cl)cc4c(N5C[C@@H]6C[C@H]5CN6)nc(OC5CCOCC5)nc34)cc2)nn1. The van der Waals surface area contributed by atoms with Crippen LogP contribution in [0.4, 0.5) is 24.0 Å². The number of aliphatic hydroxyl groups is 2. The summed E-state index contributed by atoms with van der Waals surface area (Å²) in [4.78, 5) is 42.3. The molecular weight excluding hydrogens is 1110 g/mol. The molecule has 8 aromatic rings. The number of thiophene rings is 1. The number of fused-ring (bicyclic) bond motifs is 4. The number of aliphatic hydroxyl groups excluding tert-OH is 2. The first-order valence-electron chi connectivity index (χ1n) is 27.4. The summed E-state index contributed by atoms with van der Waals surface area (Å²) >= 11 is 8.38. The van der Waals surface area contributed by atoms with Crippen molar-refractivity contribution in [1.29, 1.82) is 5.26 Å². The first-order chi connectivity index (χ1) is 40.2. The third-order valence-electron chi connectivity index (χ3n) is 16.1. The van der Waals surface area contributed by atoms with Gasteiger partial charge in [-0.3, -0.25) is 9.59 Å². The van der Waals surface area contributed by atoms with Crippen LogP contribution in [0.2, 0.25) is 5.02 Å². The minimum atomic E-state index is -1.09. The van der Waals surface area contributed by atoms with Gasteiger partial charge in [-0.05, 0) is 52.8 Å². The summed E-state index contributed by atoms with van der Waals surface area (Å²) in [6.07, 6.45) is 2.65. The van der Waals surface area contributed by atoms with E-state index in [0.717, 1.165) is 35.9 Å². The normalized spacial score (nSPS) is 19.7. The molecule has 18 nitrogen and oxygen atoms in total. The maximum atomic E-state index is 15.6. The van der Waals surface area contributed by atoms with Crippen LogP contribution in [0.25, 0.3) is 54.5 Å². The Hall–Kier alpha value is -7.91. The molecule has 3 aromatic heterocycles. The van der Waals surface area contributed by atoms with Crippen LogP contribution in [0.3, 0.4) is 0 Å². The molecule has 4 aliphatic heterocycles. The Kier molecular flexibility index (Phi) is 15.4. The topological polar surface area (TPSA) is 239 Å². The number of likely N-dealkylation sites (tertiary alicyclic amines) is 1. The largest absolute Gasteiger partial charge is 0.486 e. The number of anilines is 2. The van der Waals surface area contributed by atoms with Crippen molar-refractivity contribution >= 4 is 66.6 Å². The van der Waals surface area contributed by atoms with Crippen LogP contribution < -0.4 is 30.7 Å². The number of carbonyl (C=O) groups is 2. The van der Waals surface area contributed by atoms with Gasteiger partial charge in [0, 0.05) is 78.4 Å². The van der Waals surface area contributed by atoms with Crippen molar-refractivity contribution in [2.45, 2.75) is 88.6 Å². The summed E-state index contributed by atoms with van der Waals surface area (Å²) in [5, 5.41) is 48.2. The molecule has 7 heterocycles. The fraction of sp³-hybridized carbons (Fsp3) is 0.350. The first-order valence-corrected chi connectivity index (χ1v) is 28.6. The van der Waals surface area contributed by atoms with E-state index in [1.165, 1.54) is 27.8 Å². The zero-order valence-electron chi connectivity index (χ0n) is 45.1. The van der Waals surface area contributed by atoms with Gasteiger partial charge in [0.15, 0.2) is 17.4 Å². The number of β-amino-alcohol motifs (C(OH)–C–C–N with tert-alkyl or cyclic N) is 1. The Balaban J connectivity index is 0.814. The summed E-state index contributed by atoms with van der Waals surface area (Å²) in [7, 11) is 0. The molecule has 4 saturated heterocycles. The van der Waals surface area contributed by atoms with Gasteiger partial charge in [-0.15, -0.1) is 16.4 Å². The van der Waals surface area contributed by atoms with Gasteiger partial charge in [0.2, 0.25) is 11.8 Å². The van der Waals surface area contributed by atoms with E-state index >= 15 is 4.39 Å². The number of carbonyl (C=O) groups excluding carboxylic acids is 2. The number of ether oxygens (including phenoxy) is 3. The van der Waals surface area contributed by atoms with Gasteiger partial charge in [0.1, 0.15) is 58.7 Å². The highest BCUT2D eigenvalue weighted by Crippen LogP contribution is 2.50. The molecule has 0 saturated carbocycles. The summed E-state index contributed by atoms with van der Waals surface area (Å²) < 4.78 is 64.8. The van der Waals surface area contributed by atoms with Gasteiger partial charge in [-0.25, -0.2) is 17.9 Å². The highest BCUT2D eigenvalue weighted by molar-refractivity contribution is 7.23. The molecule has 0 spiro atoms. The lowest BCUT2D eigenvalue weighted by Crippen LogP contribution is -2.50. The molecule has 4 fully saturated rings. The van der Waals surface area contributed by atoms with Gasteiger partial charge in [-0.2, -0.15) is 15.2 Å². The van der Waals surface area contributed by atoms with Crippen LogP contribution in [0, 0.1) is 34.7 Å². The molecule has 83 heavy (non-hydrogen) atoms. The molecule has 5 aromatic carbocycles. The molecule has 428 valence electrons. The van der Waals surface area contributed by atoms with Gasteiger partial charge in [0.05, 0.1) is 53.4 Å². The number of nitrogens with one attached hydrogen (secondary N) is 2. The number of nitrogens with two attached hydrogens (primary N) is 1. The van der Waals surface area contributed by atoms with Crippen LogP contribution in [0.15, 0.2) is 91.1 Å². The fourth-order valence-corrected chi connectivity index (χ4v) is 13.1. The van der Waals surface area contributed by atoms with Crippen LogP contribution in [0.5, 0.6) is 11.8 Å². The van der Waals surface area contributed by atoms with Crippen LogP contribution in [-0.4, -0.2) is 122 Å². The van der Waals surface area contributed by atoms with Gasteiger partial charge in [0.25, 0.3) is 0 Å². The lowest BCUT2D eigenvalue weighted by Gasteiger charge is -2.30. The van der Waals surface area contributed by atoms with E-state index in [-0.39, 0.29) is 81.3 Å². The minimum Gasteiger partial charge on any atom is -0.486 e. The Morgan fingerprint density at radius 1 is 0.988 bits per heavy atom. The number of benzene rings is 5. The number of nitrogens with zero attached hydrogens (tertiary/aromatic N) is 8. The lowest BCUT2D eigenvalue weighted by atomic mass is 9.96. The number of amides is 2. The quantitative estimate of drug-likeness (QED) is 0.0608. The number of aromatic nitrogens is 5. The molecule has 6 N–H and O–H groups in total. The van der Waals surface area contributed by atoms with E-state index in [9.17, 15) is 33.8 Å². The molecule has 4 aliphatic rings. The van der Waals surface area contributed by atoms with E-state index in [1.54, 1.807) is 42.6 Å². The molecule has 23 heteroatoms. The van der Waals surface area contributed by atoms with Crippen molar-refractivity contribution in [3.05, 3.63) is 130 Å². The van der Waals surface area contributed by atoms with Crippen molar-refractivity contribution in [1.82, 2.24) is 40.5 Å². The van der Waals surface area contributed by atoms with Gasteiger partial charge in [-0.1, -0.05) is 97.4 Å². The van der Waals surface area contributed by atoms with E-state index in [4.69, 9.17) is 41.5 Å². The summed E-state index contributed by atoms with van der Waals surface area (Å²) in [5.41, 5.74) is 10.4. The van der Waals surface area contributed by atoms with Crippen LogP contribution in [-0.2, 0) is 20.9 Å². The van der Waals surface area contributed by atoms with E-state index < -0.39 is 60.1 Å². The lowest BCUT2D eigenvalue weighted by molar-refractivity contribution is -0.142. The number of nitrogen functional groups attached to an aromatic ring is 1. The standard InChI is InChI=1S/C60H57ClF3N11O7S/c1-30(2)53(59(79)74-26-37(77)21-48(74)58(78)68-47(28-76)34-12-10-32(11-13-34)39-4-3-5-44(62)51(39)64)75-27-46(71-72-75)33-8-6-31(7-9-33)29-81-54-50(40-14-15-45(63)55-49(40)42(23-65)56(66)83-55)43(61)22-41-52(54)69-60(82-38-16-18-80-19-17-38)70-57(41)73-25-35-20-36(73)24-67-35/h3-15,22,27,30,35-38,47-48,53,67,76-77H,16-21,24-26,28-29,66H2,1-2H3,(H,68,78)/t35-,36-,37+,47-,48-,53-/m0/s1. The average molecular weight is 1170 g/mol. The minimum absolute atomic E-state index is 0.00602. The Morgan fingerprint density at radius 2 is 1.76 bits per heavy atom. The van der Waals surface area contributed by atoms with Crippen molar-refractivity contribution in [3.8, 4) is 51.3 Å². The average Bonchev–Trinajstić information content (AvgIpc) is 4.42. The van der Waals surface area contributed by atoms with Crippen LogP contribution >= 0.6 is 22.9 Å². The number of halogens is 4. The predicted octanol–water partition coefficient (Wildman–Crippen LogP) is 8.66. The molecule has 0 unspecified atom stereocenters. The second-order valence-electron chi connectivity index (χ2n) is 21.7. The monoisotopic (exact) mass is 1170 g/mol. The van der Waals surface area contributed by atoms with Crippen molar-refractivity contribution in [2.24, 2.45) is 5.92 Å². The highest BCUT2D eigenvalue weighted by atomic mass is 35.5. The van der Waals surface area contributed by atoms with Crippen molar-refractivity contribution < 1.29 is 47.2 Å². The number of piperazine rings is 1. The Bertz CT molecular complexity index is 3840. The van der Waals surface area contributed by atoms with E-state index in [1.807, 2.05) is 38.1 Å². The number of hydrogen-bond donors (Lipinski definition) is 5. The smallest absolute Gasteiger partial charge is 0.319 e. The molecule has 2 bridgehead atoms. The maximum Gasteiger partial charge on any atom is 0.319 e. The number of hydrogen-bond acceptors (Lipinski definition) is 16. The van der Waals surface area contributed by atoms with E-state index in [0.29, 0.717) is 88.2 Å². The third kappa shape index (κ3) is 10.7. The molecule has 6 atom stereocenters. The van der Waals surface area contributed by atoms with Crippen molar-refractivity contribution in [3.63, 3.8) is 0 Å². The number of nitriles is 1. The van der Waals surface area contributed by atoms with Crippen molar-refractivity contribution in [2.75, 3.05) is 50.1 Å². The number of rotatable bonds is 16. The summed E-state index contributed by atoms with van der Waals surface area (Å²) in [5.74, 6) is -3.02. The highest BCUT2D eigenvalue weighted by Gasteiger charge is 2.44. The Morgan fingerprint density at radius 3 is 2.47 bits per heavy atom. The summed E-state index contributed by atoms with van der Waals surface area (Å²) in [6.45, 7) is 5.61. The third-order valence-corrected chi connectivity index (χ3v) is 17.4. The van der Waals surface area contributed by atoms with Crippen LogP contribution in [0.1, 0.15) is 68.3 Å². The van der Waals surface area contributed by atoms with E-state index in [2.05, 4.69) is 31.9 Å². The zero-order valence-corrected chi connectivity index (χ0v) is 46.6. The molecule has 0 radical (unpaired) electrons. The Labute approximate surface area is 483 Å². The van der Waals surface area contributed by atoms with Gasteiger partial charge >= 0.3 is 6.01 Å². The molecule has 12 rings (SSSR count). The molecule has 0 aliphatic carbocycles. The van der Waals surface area contributed by atoms with Gasteiger partial charge < -0.3 is 50.6 Å². The summed E-state index contributed by atoms with van der Waals surface area (Å²) in [6, 6.07) is 22.1. The fourth-order valence-electron chi connectivity index (χ4n) is 11.9. The maximum absolute atomic E-state index is 15.6. The second kappa shape index (κ2) is 23.0. The first kappa shape index (κ1) is 55.6. The zero-order chi connectivity index (χ0) is 57.8. The predicted molar refractivity (Wildman–Crippen MR) is 306 cm³/mol. The second-order valence-corrected chi connectivity index (χ2v) is 23.2. The molecular formula is C60H57ClF3N11O7S. The molecule has 2 amide bonds.